The minimum atomic E-state index is -0.380. The molecular weight excluding hydrogens is 264 g/mol. The highest BCUT2D eigenvalue weighted by Gasteiger charge is 2.15. The van der Waals surface area contributed by atoms with Gasteiger partial charge in [-0.3, -0.25) is 0 Å². The molecule has 21 heavy (non-hydrogen) atoms. The van der Waals surface area contributed by atoms with Gasteiger partial charge in [-0.25, -0.2) is 0 Å². The summed E-state index contributed by atoms with van der Waals surface area (Å²) in [6.45, 7) is 0.455. The SMILES string of the molecule is COCC(=C=C1CCCCC[C@H]1O)c1ccccc1OC. The van der Waals surface area contributed by atoms with Gasteiger partial charge in [-0.05, 0) is 25.3 Å². The van der Waals surface area contributed by atoms with E-state index < -0.39 is 0 Å². The van der Waals surface area contributed by atoms with Gasteiger partial charge in [-0.1, -0.05) is 31.0 Å². The number of methoxy groups -OCH3 is 2. The van der Waals surface area contributed by atoms with E-state index in [0.717, 1.165) is 48.1 Å². The Kier molecular flexibility index (Phi) is 6.06. The molecule has 0 amide bonds. The maximum Gasteiger partial charge on any atom is 0.127 e. The summed E-state index contributed by atoms with van der Waals surface area (Å²) in [6.07, 6.45) is 4.73. The number of hydrogen-bond acceptors (Lipinski definition) is 3. The summed E-state index contributed by atoms with van der Waals surface area (Å²) < 4.78 is 10.7. The molecule has 1 N–H and O–H groups in total. The van der Waals surface area contributed by atoms with Crippen LogP contribution in [-0.4, -0.2) is 32.0 Å². The minimum Gasteiger partial charge on any atom is -0.496 e. The highest BCUT2D eigenvalue weighted by Crippen LogP contribution is 2.28. The molecule has 1 aliphatic carbocycles. The number of aliphatic hydroxyl groups excluding tert-OH is 1. The van der Waals surface area contributed by atoms with E-state index in [1.807, 2.05) is 24.3 Å². The Morgan fingerprint density at radius 1 is 1.24 bits per heavy atom. The van der Waals surface area contributed by atoms with Crippen molar-refractivity contribution in [2.45, 2.75) is 38.2 Å². The second-order valence-electron chi connectivity index (χ2n) is 5.38. The molecule has 0 saturated heterocycles. The van der Waals surface area contributed by atoms with Crippen molar-refractivity contribution in [3.8, 4) is 5.75 Å². The molecule has 2 rings (SSSR count). The first-order chi connectivity index (χ1) is 10.3. The predicted molar refractivity (Wildman–Crippen MR) is 84.4 cm³/mol. The fourth-order valence-electron chi connectivity index (χ4n) is 2.73. The van der Waals surface area contributed by atoms with E-state index in [-0.39, 0.29) is 6.10 Å². The van der Waals surface area contributed by atoms with Crippen molar-refractivity contribution in [2.75, 3.05) is 20.8 Å². The highest BCUT2D eigenvalue weighted by molar-refractivity contribution is 5.71. The number of benzene rings is 1. The molecule has 1 atom stereocenters. The van der Waals surface area contributed by atoms with E-state index in [4.69, 9.17) is 9.47 Å². The summed E-state index contributed by atoms with van der Waals surface area (Å²) >= 11 is 0. The second kappa shape index (κ2) is 8.04. The highest BCUT2D eigenvalue weighted by atomic mass is 16.5. The molecule has 1 saturated carbocycles. The van der Waals surface area contributed by atoms with Gasteiger partial charge in [0.1, 0.15) is 5.75 Å². The number of aliphatic hydroxyl groups is 1. The first kappa shape index (κ1) is 15.8. The maximum atomic E-state index is 10.3. The molecule has 1 fully saturated rings. The van der Waals surface area contributed by atoms with Gasteiger partial charge in [0.2, 0.25) is 0 Å². The molecule has 0 radical (unpaired) electrons. The molecular formula is C18H24O3. The fourth-order valence-corrected chi connectivity index (χ4v) is 2.73. The van der Waals surface area contributed by atoms with Crippen LogP contribution in [0.1, 0.15) is 37.7 Å². The average molecular weight is 288 g/mol. The molecule has 0 spiro atoms. The van der Waals surface area contributed by atoms with Gasteiger partial charge >= 0.3 is 0 Å². The van der Waals surface area contributed by atoms with Crippen LogP contribution >= 0.6 is 0 Å². The van der Waals surface area contributed by atoms with E-state index in [0.29, 0.717) is 6.61 Å². The van der Waals surface area contributed by atoms with Crippen LogP contribution in [0.4, 0.5) is 0 Å². The van der Waals surface area contributed by atoms with Crippen LogP contribution in [0.25, 0.3) is 5.57 Å². The Balaban J connectivity index is 2.48. The number of rotatable bonds is 4. The monoisotopic (exact) mass is 288 g/mol. The van der Waals surface area contributed by atoms with Crippen molar-refractivity contribution in [3.63, 3.8) is 0 Å². The van der Waals surface area contributed by atoms with Crippen LogP contribution in [0.2, 0.25) is 0 Å². The van der Waals surface area contributed by atoms with Crippen molar-refractivity contribution < 1.29 is 14.6 Å². The van der Waals surface area contributed by atoms with Crippen molar-refractivity contribution in [1.29, 1.82) is 0 Å². The predicted octanol–water partition coefficient (Wildman–Crippen LogP) is 3.58. The summed E-state index contributed by atoms with van der Waals surface area (Å²) in [7, 11) is 3.34. The lowest BCUT2D eigenvalue weighted by Crippen LogP contribution is -2.07. The third kappa shape index (κ3) is 4.21. The maximum absolute atomic E-state index is 10.3. The molecule has 0 heterocycles. The summed E-state index contributed by atoms with van der Waals surface area (Å²) in [5.74, 6) is 0.806. The molecule has 3 heteroatoms. The van der Waals surface area contributed by atoms with Crippen molar-refractivity contribution in [1.82, 2.24) is 0 Å². The fraction of sp³-hybridized carbons (Fsp3) is 0.500. The Labute approximate surface area is 126 Å². The molecule has 1 aliphatic rings. The molecule has 1 aromatic carbocycles. The lowest BCUT2D eigenvalue weighted by atomic mass is 10.0. The van der Waals surface area contributed by atoms with Crippen molar-refractivity contribution in [3.05, 3.63) is 41.1 Å². The Bertz CT molecular complexity index is 527. The smallest absolute Gasteiger partial charge is 0.127 e. The van der Waals surface area contributed by atoms with Crippen LogP contribution in [0.3, 0.4) is 0 Å². The first-order valence-corrected chi connectivity index (χ1v) is 7.55. The van der Waals surface area contributed by atoms with Crippen LogP contribution < -0.4 is 4.74 Å². The zero-order valence-electron chi connectivity index (χ0n) is 12.9. The van der Waals surface area contributed by atoms with Crippen LogP contribution in [0.15, 0.2) is 35.6 Å². The third-order valence-corrected chi connectivity index (χ3v) is 3.86. The minimum absolute atomic E-state index is 0.380. The number of hydrogen-bond donors (Lipinski definition) is 1. The first-order valence-electron chi connectivity index (χ1n) is 7.55. The van der Waals surface area contributed by atoms with Crippen LogP contribution in [-0.2, 0) is 4.74 Å². The topological polar surface area (TPSA) is 38.7 Å². The van der Waals surface area contributed by atoms with Gasteiger partial charge in [0.05, 0.1) is 19.8 Å². The average Bonchev–Trinajstić information content (AvgIpc) is 2.71. The van der Waals surface area contributed by atoms with Gasteiger partial charge in [-0.15, -0.1) is 5.73 Å². The Morgan fingerprint density at radius 2 is 2.05 bits per heavy atom. The van der Waals surface area contributed by atoms with Gasteiger partial charge in [0, 0.05) is 23.8 Å². The zero-order valence-corrected chi connectivity index (χ0v) is 12.9. The van der Waals surface area contributed by atoms with E-state index in [1.54, 1.807) is 14.2 Å². The summed E-state index contributed by atoms with van der Waals surface area (Å²) in [5, 5.41) is 10.3. The zero-order chi connectivity index (χ0) is 15.1. The second-order valence-corrected chi connectivity index (χ2v) is 5.38. The third-order valence-electron chi connectivity index (χ3n) is 3.86. The molecule has 3 nitrogen and oxygen atoms in total. The van der Waals surface area contributed by atoms with Crippen molar-refractivity contribution in [2.24, 2.45) is 0 Å². The van der Waals surface area contributed by atoms with E-state index in [9.17, 15) is 5.11 Å². The quantitative estimate of drug-likeness (QED) is 0.680. The van der Waals surface area contributed by atoms with E-state index in [1.165, 1.54) is 6.42 Å². The van der Waals surface area contributed by atoms with E-state index >= 15 is 0 Å². The summed E-state index contributed by atoms with van der Waals surface area (Å²) in [4.78, 5) is 0. The van der Waals surface area contributed by atoms with Crippen LogP contribution in [0, 0.1) is 0 Å². The molecule has 0 unspecified atom stereocenters. The Hall–Kier alpha value is -1.54. The van der Waals surface area contributed by atoms with Gasteiger partial charge in [-0.2, -0.15) is 0 Å². The molecule has 0 aliphatic heterocycles. The lowest BCUT2D eigenvalue weighted by Gasteiger charge is -2.12. The lowest BCUT2D eigenvalue weighted by molar-refractivity contribution is 0.199. The van der Waals surface area contributed by atoms with Gasteiger partial charge in [0.15, 0.2) is 0 Å². The standard InChI is InChI=1S/C18H24O3/c1-20-13-15(16-9-6-7-11-18(16)21-2)12-14-8-4-3-5-10-17(14)19/h6-7,9,11,17,19H,3-5,8,10,13H2,1-2H3/t12?,17-/m1/s1. The van der Waals surface area contributed by atoms with E-state index in [2.05, 4.69) is 5.73 Å². The summed E-state index contributed by atoms with van der Waals surface area (Å²) in [6, 6.07) is 7.86. The largest absolute Gasteiger partial charge is 0.496 e. The molecule has 0 aromatic heterocycles. The summed E-state index contributed by atoms with van der Waals surface area (Å²) in [5.41, 5.74) is 6.32. The molecule has 0 bridgehead atoms. The van der Waals surface area contributed by atoms with Crippen LogP contribution in [0.5, 0.6) is 5.75 Å². The number of ether oxygens (including phenoxy) is 2. The Morgan fingerprint density at radius 3 is 2.81 bits per heavy atom. The number of para-hydroxylation sites is 1. The molecule has 1 aromatic rings. The van der Waals surface area contributed by atoms with Gasteiger partial charge in [0.25, 0.3) is 0 Å². The van der Waals surface area contributed by atoms with Crippen molar-refractivity contribution >= 4 is 5.57 Å². The van der Waals surface area contributed by atoms with Gasteiger partial charge < -0.3 is 14.6 Å². The normalized spacial score (nSPS) is 18.8. The molecule has 114 valence electrons.